The van der Waals surface area contributed by atoms with Crippen LogP contribution in [0, 0.1) is 11.5 Å². The van der Waals surface area contributed by atoms with Crippen molar-refractivity contribution in [3.63, 3.8) is 0 Å². The molecule has 0 aliphatic rings. The van der Waals surface area contributed by atoms with Gasteiger partial charge in [0.25, 0.3) is 0 Å². The number of carbonyl (C=O) groups excluding carboxylic acids is 1. The van der Waals surface area contributed by atoms with Gasteiger partial charge in [-0.1, -0.05) is 0 Å². The van der Waals surface area contributed by atoms with Crippen molar-refractivity contribution in [1.29, 1.82) is 5.26 Å². The van der Waals surface area contributed by atoms with Crippen LogP contribution >= 0.6 is 0 Å². The van der Waals surface area contributed by atoms with Crippen LogP contribution in [-0.4, -0.2) is 36.0 Å². The Morgan fingerprint density at radius 1 is 1.83 bits per heavy atom. The van der Waals surface area contributed by atoms with Gasteiger partial charge in [0.1, 0.15) is 0 Å². The van der Waals surface area contributed by atoms with Gasteiger partial charge in [0.15, 0.2) is 6.19 Å². The van der Waals surface area contributed by atoms with E-state index in [1.54, 1.807) is 5.32 Å². The molecule has 0 aromatic carbocycles. The predicted molar refractivity (Wildman–Crippen MR) is 20.6 cm³/mol. The number of hydrogen-bond donors (Lipinski definition) is 1. The molecule has 3 nitrogen and oxygen atoms in total. The molecule has 0 saturated heterocycles. The Kier molecular flexibility index (Phi) is 13.8. The van der Waals surface area contributed by atoms with Crippen molar-refractivity contribution in [3.8, 4) is 6.19 Å². The van der Waals surface area contributed by atoms with Crippen molar-refractivity contribution in [2.45, 2.75) is 0 Å². The Labute approximate surface area is 57.6 Å². The molecule has 0 unspecified atom stereocenters. The van der Waals surface area contributed by atoms with Crippen LogP contribution in [0.2, 0.25) is 0 Å². The monoisotopic (exact) mass is 93.0 g/mol. The summed E-state index contributed by atoms with van der Waals surface area (Å²) in [5.41, 5.74) is 0. The van der Waals surface area contributed by atoms with Crippen molar-refractivity contribution in [2.75, 3.05) is 0 Å². The molecule has 0 fully saturated rings. The van der Waals surface area contributed by atoms with E-state index < -0.39 is 0 Å². The van der Waals surface area contributed by atoms with E-state index in [1.165, 1.54) is 6.19 Å². The van der Waals surface area contributed by atoms with E-state index in [9.17, 15) is 0 Å². The van der Waals surface area contributed by atoms with E-state index in [4.69, 9.17) is 10.1 Å². The fourth-order valence-electron chi connectivity index (χ4n) is 0.0264. The Hall–Kier alpha value is -0.0400. The van der Waals surface area contributed by atoms with Gasteiger partial charge in [-0.25, -0.2) is 0 Å². The summed E-state index contributed by atoms with van der Waals surface area (Å²) in [5, 5.41) is 9.21. The molecule has 0 saturated carbocycles. The molecule has 0 aromatic heterocycles. The van der Waals surface area contributed by atoms with E-state index in [0.29, 0.717) is 6.41 Å². The number of nitrogens with one attached hydrogen (secondary N) is 1. The van der Waals surface area contributed by atoms with Gasteiger partial charge in [-0.05, 0) is 0 Å². The van der Waals surface area contributed by atoms with E-state index in [2.05, 4.69) is 0 Å². The molecule has 1 amide bonds. The van der Waals surface area contributed by atoms with E-state index in [1.807, 2.05) is 0 Å². The molecule has 0 bridgehead atoms. The third-order valence-electron chi connectivity index (χ3n) is 0.123. The van der Waals surface area contributed by atoms with Crippen molar-refractivity contribution in [3.05, 3.63) is 0 Å². The second-order valence-electron chi connectivity index (χ2n) is 0.374. The minimum atomic E-state index is 0. The van der Waals surface area contributed by atoms with Crippen molar-refractivity contribution >= 4 is 36.0 Å². The molecule has 0 atom stereocenters. The zero-order chi connectivity index (χ0) is 4.12. The summed E-state index contributed by atoms with van der Waals surface area (Å²) in [4.78, 5) is 9.07. The molecule has 27 valence electrons. The quantitative estimate of drug-likeness (QED) is 0.192. The summed E-state index contributed by atoms with van der Waals surface area (Å²) in [5.74, 6) is 0. The fourth-order valence-corrected chi connectivity index (χ4v) is 0.0264. The molecule has 0 aromatic rings. The molecule has 1 radical (unpaired) electrons. The third kappa shape index (κ3) is 9.03. The molecule has 0 aliphatic heterocycles. The van der Waals surface area contributed by atoms with Gasteiger partial charge >= 0.3 is 0 Å². The molecule has 0 heterocycles. The molecular weight excluding hydrogens is 91.0 g/mol. The predicted octanol–water partition coefficient (Wildman–Crippen LogP) is -1.17. The second-order valence-corrected chi connectivity index (χ2v) is 0.374. The Morgan fingerprint density at radius 3 is 2.33 bits per heavy atom. The van der Waals surface area contributed by atoms with Gasteiger partial charge in [-0.3, -0.25) is 10.1 Å². The van der Waals surface area contributed by atoms with Gasteiger partial charge < -0.3 is 0 Å². The molecule has 0 aliphatic carbocycles. The summed E-state index contributed by atoms with van der Waals surface area (Å²) in [6.45, 7) is 0. The first-order valence-corrected chi connectivity index (χ1v) is 0.998. The van der Waals surface area contributed by atoms with Gasteiger partial charge in [0.2, 0.25) is 6.41 Å². The van der Waals surface area contributed by atoms with Crippen LogP contribution in [0.3, 0.4) is 0 Å². The number of amides is 1. The van der Waals surface area contributed by atoms with Crippen molar-refractivity contribution in [1.82, 2.24) is 5.32 Å². The number of rotatable bonds is 1. The molecule has 0 rings (SSSR count). The van der Waals surface area contributed by atoms with Gasteiger partial charge in [0, 0.05) is 29.6 Å². The maximum Gasteiger partial charge on any atom is 0.220 e. The summed E-state index contributed by atoms with van der Waals surface area (Å²) in [7, 11) is 0. The summed E-state index contributed by atoms with van der Waals surface area (Å²) < 4.78 is 0. The zero-order valence-electron chi connectivity index (χ0n) is 3.43. The van der Waals surface area contributed by atoms with Crippen LogP contribution < -0.4 is 5.32 Å². The van der Waals surface area contributed by atoms with Crippen LogP contribution in [0.25, 0.3) is 0 Å². The minimum Gasteiger partial charge on any atom is -0.278 e. The average molecular weight is 93.0 g/mol. The fraction of sp³-hybridized carbons (Fsp3) is 0. The van der Waals surface area contributed by atoms with Gasteiger partial charge in [0.05, 0.1) is 0 Å². The van der Waals surface area contributed by atoms with Gasteiger partial charge in [-0.2, -0.15) is 5.26 Å². The maximum absolute atomic E-state index is 9.07. The smallest absolute Gasteiger partial charge is 0.220 e. The Morgan fingerprint density at radius 2 is 2.33 bits per heavy atom. The molecular formula is C2H2N2NaO. The maximum atomic E-state index is 9.07. The first kappa shape index (κ1) is 9.35. The van der Waals surface area contributed by atoms with Crippen LogP contribution in [0.15, 0.2) is 0 Å². The molecule has 1 N–H and O–H groups in total. The van der Waals surface area contributed by atoms with Crippen molar-refractivity contribution < 1.29 is 4.79 Å². The van der Waals surface area contributed by atoms with E-state index >= 15 is 0 Å². The van der Waals surface area contributed by atoms with Crippen molar-refractivity contribution in [2.24, 2.45) is 0 Å². The first-order valence-electron chi connectivity index (χ1n) is 0.998. The van der Waals surface area contributed by atoms with Crippen LogP contribution in [0.1, 0.15) is 0 Å². The van der Waals surface area contributed by atoms with Crippen LogP contribution in [0.4, 0.5) is 0 Å². The minimum absolute atomic E-state index is 0. The number of nitriles is 1. The first-order chi connectivity index (χ1) is 2.41. The average Bonchev–Trinajstić information content (AvgIpc) is 1.41. The molecule has 6 heavy (non-hydrogen) atoms. The Bertz CT molecular complexity index is 66.4. The normalized spacial score (nSPS) is 3.83. The summed E-state index contributed by atoms with van der Waals surface area (Å²) >= 11 is 0. The van der Waals surface area contributed by atoms with Crippen LogP contribution in [-0.2, 0) is 4.79 Å². The van der Waals surface area contributed by atoms with E-state index in [-0.39, 0.29) is 29.6 Å². The summed E-state index contributed by atoms with van der Waals surface area (Å²) in [6, 6.07) is 0. The van der Waals surface area contributed by atoms with E-state index in [0.717, 1.165) is 0 Å². The topological polar surface area (TPSA) is 52.9 Å². The largest absolute Gasteiger partial charge is 0.278 e. The number of hydrogen-bond acceptors (Lipinski definition) is 2. The SMILES string of the molecule is N#CNC=O.[Na]. The second kappa shape index (κ2) is 8.88. The number of nitrogens with zero attached hydrogens (tertiary/aromatic N) is 1. The van der Waals surface area contributed by atoms with Crippen LogP contribution in [0.5, 0.6) is 0 Å². The Balaban J connectivity index is 0. The number of carbonyl (C=O) groups is 1. The summed E-state index contributed by atoms with van der Waals surface area (Å²) in [6.07, 6.45) is 1.72. The molecule has 4 heteroatoms. The third-order valence-corrected chi connectivity index (χ3v) is 0.123. The molecule has 0 spiro atoms. The van der Waals surface area contributed by atoms with Gasteiger partial charge in [-0.15, -0.1) is 0 Å². The zero-order valence-corrected chi connectivity index (χ0v) is 5.43. The standard InChI is InChI=1S/C2H2N2O.Na/c3-1-4-2-5;/h2H,(H,4,5);.